The zero-order valence-electron chi connectivity index (χ0n) is 18.1. The van der Waals surface area contributed by atoms with E-state index >= 15 is 0 Å². The fourth-order valence-corrected chi connectivity index (χ4v) is 4.69. The molecule has 1 aliphatic heterocycles. The Labute approximate surface area is 188 Å². The van der Waals surface area contributed by atoms with Crippen LogP contribution in [0.4, 0.5) is 5.69 Å². The molecule has 1 aromatic heterocycles. The fourth-order valence-electron chi connectivity index (χ4n) is 4.69. The van der Waals surface area contributed by atoms with Crippen LogP contribution in [0.15, 0.2) is 60.8 Å². The molecule has 2 fully saturated rings. The van der Waals surface area contributed by atoms with E-state index < -0.39 is 0 Å². The van der Waals surface area contributed by atoms with E-state index in [1.807, 2.05) is 42.5 Å². The Morgan fingerprint density at radius 2 is 1.91 bits per heavy atom. The van der Waals surface area contributed by atoms with Gasteiger partial charge in [-0.1, -0.05) is 24.3 Å². The van der Waals surface area contributed by atoms with Gasteiger partial charge in [-0.2, -0.15) is 5.26 Å². The molecule has 2 aliphatic rings. The Bertz CT molecular complexity index is 1160. The monoisotopic (exact) mass is 425 g/mol. The van der Waals surface area contributed by atoms with Crippen LogP contribution in [0.25, 0.3) is 10.9 Å². The van der Waals surface area contributed by atoms with E-state index in [1.54, 1.807) is 12.3 Å². The number of carbonyl (C=O) groups is 1. The summed E-state index contributed by atoms with van der Waals surface area (Å²) >= 11 is 0. The standard InChI is InChI=1S/C26H27N5O/c27-16-19-4-3-5-22(14-19)31-12-10-30(11-13-31)18-21-15-20(21)17-29-26(32)24-8-9-28-25-7-2-1-6-23(24)25/h1-9,14,20-21H,10-13,15,17-18H2,(H,29,32)/t20-,21-/m0/s1. The van der Waals surface area contributed by atoms with Crippen molar-refractivity contribution in [1.82, 2.24) is 15.2 Å². The maximum atomic E-state index is 12.7. The van der Waals surface area contributed by atoms with E-state index in [1.165, 1.54) is 6.42 Å². The summed E-state index contributed by atoms with van der Waals surface area (Å²) in [6, 6.07) is 19.7. The molecule has 2 heterocycles. The lowest BCUT2D eigenvalue weighted by atomic mass is 10.1. The predicted molar refractivity (Wildman–Crippen MR) is 125 cm³/mol. The summed E-state index contributed by atoms with van der Waals surface area (Å²) in [5, 5.41) is 13.2. The second kappa shape index (κ2) is 8.97. The van der Waals surface area contributed by atoms with Crippen molar-refractivity contribution in [3.05, 3.63) is 71.9 Å². The Hall–Kier alpha value is -3.43. The molecule has 0 radical (unpaired) electrons. The average Bonchev–Trinajstić information content (AvgIpc) is 3.60. The van der Waals surface area contributed by atoms with Crippen molar-refractivity contribution >= 4 is 22.5 Å². The molecule has 2 aromatic carbocycles. The van der Waals surface area contributed by atoms with Crippen molar-refractivity contribution in [2.45, 2.75) is 6.42 Å². The predicted octanol–water partition coefficient (Wildman–Crippen LogP) is 3.29. The van der Waals surface area contributed by atoms with Crippen molar-refractivity contribution in [1.29, 1.82) is 5.26 Å². The second-order valence-corrected chi connectivity index (χ2v) is 8.79. The first-order valence-corrected chi connectivity index (χ1v) is 11.3. The van der Waals surface area contributed by atoms with Gasteiger partial charge < -0.3 is 10.2 Å². The normalized spacial score (nSPS) is 20.7. The summed E-state index contributed by atoms with van der Waals surface area (Å²) in [5.41, 5.74) is 3.40. The van der Waals surface area contributed by atoms with Gasteiger partial charge in [-0.25, -0.2) is 0 Å². The number of hydrogen-bond acceptors (Lipinski definition) is 5. The molecule has 0 bridgehead atoms. The molecule has 6 heteroatoms. The van der Waals surface area contributed by atoms with Crippen LogP contribution in [0.2, 0.25) is 0 Å². The molecule has 1 saturated heterocycles. The maximum Gasteiger partial charge on any atom is 0.252 e. The van der Waals surface area contributed by atoms with Gasteiger partial charge >= 0.3 is 0 Å². The molecule has 1 amide bonds. The van der Waals surface area contributed by atoms with E-state index in [0.717, 1.165) is 55.9 Å². The third-order valence-electron chi connectivity index (χ3n) is 6.69. The van der Waals surface area contributed by atoms with Gasteiger partial charge in [0.25, 0.3) is 5.91 Å². The van der Waals surface area contributed by atoms with E-state index in [9.17, 15) is 4.79 Å². The van der Waals surface area contributed by atoms with Crippen molar-refractivity contribution in [3.8, 4) is 6.07 Å². The number of fused-ring (bicyclic) bond motifs is 1. The third-order valence-corrected chi connectivity index (χ3v) is 6.69. The minimum absolute atomic E-state index is 0.0116. The van der Waals surface area contributed by atoms with Crippen molar-refractivity contribution in [2.24, 2.45) is 11.8 Å². The summed E-state index contributed by atoms with van der Waals surface area (Å²) < 4.78 is 0. The molecule has 6 nitrogen and oxygen atoms in total. The number of benzene rings is 2. The highest BCUT2D eigenvalue weighted by Crippen LogP contribution is 2.38. The third kappa shape index (κ3) is 4.44. The van der Waals surface area contributed by atoms with E-state index in [4.69, 9.17) is 5.26 Å². The van der Waals surface area contributed by atoms with Gasteiger partial charge in [0.1, 0.15) is 0 Å². The summed E-state index contributed by atoms with van der Waals surface area (Å²) in [6.07, 6.45) is 2.88. The number of nitrogens with zero attached hydrogens (tertiary/aromatic N) is 4. The van der Waals surface area contributed by atoms with Gasteiger partial charge in [-0.15, -0.1) is 0 Å². The van der Waals surface area contributed by atoms with Gasteiger partial charge in [0.05, 0.1) is 22.7 Å². The smallest absolute Gasteiger partial charge is 0.252 e. The van der Waals surface area contributed by atoms with Crippen LogP contribution in [-0.4, -0.2) is 55.1 Å². The number of piperazine rings is 1. The van der Waals surface area contributed by atoms with Crippen LogP contribution in [0.1, 0.15) is 22.3 Å². The van der Waals surface area contributed by atoms with Crippen LogP contribution in [0.3, 0.4) is 0 Å². The number of nitriles is 1. The van der Waals surface area contributed by atoms with Gasteiger partial charge in [0.2, 0.25) is 0 Å². The molecule has 2 atom stereocenters. The SMILES string of the molecule is N#Cc1cccc(N2CCN(C[C@@H]3C[C@H]3CNC(=O)c3ccnc4ccccc34)CC2)c1. The lowest BCUT2D eigenvalue weighted by Gasteiger charge is -2.36. The summed E-state index contributed by atoms with van der Waals surface area (Å²) in [6.45, 7) is 5.88. The van der Waals surface area contributed by atoms with Gasteiger partial charge in [-0.3, -0.25) is 14.7 Å². The number of anilines is 1. The van der Waals surface area contributed by atoms with Crippen LogP contribution < -0.4 is 10.2 Å². The summed E-state index contributed by atoms with van der Waals surface area (Å²) in [5.74, 6) is 1.22. The van der Waals surface area contributed by atoms with Crippen LogP contribution >= 0.6 is 0 Å². The fraction of sp³-hybridized carbons (Fsp3) is 0.346. The highest BCUT2D eigenvalue weighted by Gasteiger charge is 2.38. The van der Waals surface area contributed by atoms with E-state index in [-0.39, 0.29) is 5.91 Å². The highest BCUT2D eigenvalue weighted by atomic mass is 16.1. The van der Waals surface area contributed by atoms with Crippen molar-refractivity contribution in [2.75, 3.05) is 44.2 Å². The van der Waals surface area contributed by atoms with E-state index in [0.29, 0.717) is 23.0 Å². The quantitative estimate of drug-likeness (QED) is 0.656. The zero-order valence-corrected chi connectivity index (χ0v) is 18.1. The lowest BCUT2D eigenvalue weighted by Crippen LogP contribution is -2.47. The van der Waals surface area contributed by atoms with E-state index in [2.05, 4.69) is 32.2 Å². The minimum Gasteiger partial charge on any atom is -0.369 e. The van der Waals surface area contributed by atoms with Gasteiger partial charge in [0, 0.05) is 56.5 Å². The Morgan fingerprint density at radius 3 is 2.75 bits per heavy atom. The molecular formula is C26H27N5O. The molecular weight excluding hydrogens is 398 g/mol. The molecule has 0 spiro atoms. The first-order chi connectivity index (χ1) is 15.7. The topological polar surface area (TPSA) is 72.3 Å². The Kier molecular flexibility index (Phi) is 5.74. The maximum absolute atomic E-state index is 12.7. The van der Waals surface area contributed by atoms with Crippen LogP contribution in [0, 0.1) is 23.2 Å². The van der Waals surface area contributed by atoms with Gasteiger partial charge in [-0.05, 0) is 48.6 Å². The van der Waals surface area contributed by atoms with Gasteiger partial charge in [0.15, 0.2) is 0 Å². The Balaban J connectivity index is 1.08. The second-order valence-electron chi connectivity index (χ2n) is 8.79. The summed E-state index contributed by atoms with van der Waals surface area (Å²) in [4.78, 5) is 22.0. The number of pyridine rings is 1. The molecule has 32 heavy (non-hydrogen) atoms. The molecule has 1 N–H and O–H groups in total. The molecule has 162 valence electrons. The minimum atomic E-state index is -0.0116. The van der Waals surface area contributed by atoms with Crippen molar-refractivity contribution < 1.29 is 4.79 Å². The largest absolute Gasteiger partial charge is 0.369 e. The molecule has 0 unspecified atom stereocenters. The molecule has 5 rings (SSSR count). The van der Waals surface area contributed by atoms with Crippen LogP contribution in [-0.2, 0) is 0 Å². The molecule has 1 saturated carbocycles. The molecule has 1 aliphatic carbocycles. The Morgan fingerprint density at radius 1 is 1.06 bits per heavy atom. The first-order valence-electron chi connectivity index (χ1n) is 11.3. The molecule has 3 aromatic rings. The van der Waals surface area contributed by atoms with Crippen LogP contribution in [0.5, 0.6) is 0 Å². The number of carbonyl (C=O) groups excluding carboxylic acids is 1. The number of rotatable bonds is 6. The average molecular weight is 426 g/mol. The lowest BCUT2D eigenvalue weighted by molar-refractivity contribution is 0.0952. The zero-order chi connectivity index (χ0) is 21.9. The first kappa shape index (κ1) is 20.5. The number of hydrogen-bond donors (Lipinski definition) is 1. The number of aromatic nitrogens is 1. The van der Waals surface area contributed by atoms with Crippen molar-refractivity contribution in [3.63, 3.8) is 0 Å². The summed E-state index contributed by atoms with van der Waals surface area (Å²) in [7, 11) is 0. The number of amides is 1. The number of nitrogens with one attached hydrogen (secondary N) is 1. The highest BCUT2D eigenvalue weighted by molar-refractivity contribution is 6.05. The number of para-hydroxylation sites is 1.